The summed E-state index contributed by atoms with van der Waals surface area (Å²) in [6, 6.07) is 26.2. The number of aliphatic hydroxyl groups excluding tert-OH is 2. The fourth-order valence-corrected chi connectivity index (χ4v) is 5.20. The summed E-state index contributed by atoms with van der Waals surface area (Å²) in [4.78, 5) is 0. The van der Waals surface area contributed by atoms with Crippen LogP contribution in [0.15, 0.2) is 78.9 Å². The number of para-hydroxylation sites is 2. The first-order valence-corrected chi connectivity index (χ1v) is 12.8. The predicted molar refractivity (Wildman–Crippen MR) is 142 cm³/mol. The van der Waals surface area contributed by atoms with E-state index in [-0.39, 0.29) is 6.61 Å². The molecule has 0 aliphatic rings. The van der Waals surface area contributed by atoms with Crippen LogP contribution in [0, 0.1) is 0 Å². The van der Waals surface area contributed by atoms with Gasteiger partial charge >= 0.3 is 0 Å². The minimum atomic E-state index is -0.860. The third-order valence-corrected chi connectivity index (χ3v) is 6.93. The first kappa shape index (κ1) is 26.8. The Bertz CT molecular complexity index is 954. The van der Waals surface area contributed by atoms with Gasteiger partial charge in [-0.05, 0) is 30.5 Å². The van der Waals surface area contributed by atoms with E-state index in [0.29, 0.717) is 6.42 Å². The molecule has 0 radical (unpaired) electrons. The maximum absolute atomic E-state index is 12.1. The van der Waals surface area contributed by atoms with Crippen molar-refractivity contribution >= 4 is 0 Å². The molecule has 0 aliphatic carbocycles. The summed E-state index contributed by atoms with van der Waals surface area (Å²) < 4.78 is 11.7. The summed E-state index contributed by atoms with van der Waals surface area (Å²) in [5.74, 6) is 1.48. The van der Waals surface area contributed by atoms with Gasteiger partial charge in [0.05, 0.1) is 25.7 Å². The fourth-order valence-electron chi connectivity index (χ4n) is 5.20. The van der Waals surface area contributed by atoms with Gasteiger partial charge in [-0.3, -0.25) is 0 Å². The third-order valence-electron chi connectivity index (χ3n) is 6.93. The molecule has 0 amide bonds. The summed E-state index contributed by atoms with van der Waals surface area (Å²) in [6.45, 7) is 0.277. The van der Waals surface area contributed by atoms with E-state index in [1.165, 1.54) is 6.42 Å². The van der Waals surface area contributed by atoms with Crippen LogP contribution in [0.2, 0.25) is 0 Å². The second kappa shape index (κ2) is 13.9. The van der Waals surface area contributed by atoms with Crippen LogP contribution in [0.4, 0.5) is 0 Å². The topological polar surface area (TPSA) is 58.9 Å². The van der Waals surface area contributed by atoms with Gasteiger partial charge in [-0.1, -0.05) is 105 Å². The largest absolute Gasteiger partial charge is 0.496 e. The molecule has 0 saturated carbocycles. The first-order chi connectivity index (χ1) is 17.2. The van der Waals surface area contributed by atoms with Crippen molar-refractivity contribution < 1.29 is 19.7 Å². The zero-order valence-electron chi connectivity index (χ0n) is 21.2. The SMILES string of the molecule is COc1ccccc1C(c1ccccc1)(c1ccccc1OC)C(O)CCCCCCCCCO. The lowest BCUT2D eigenvalue weighted by atomic mass is 9.64. The van der Waals surface area contributed by atoms with E-state index < -0.39 is 11.5 Å². The molecule has 4 nitrogen and oxygen atoms in total. The monoisotopic (exact) mass is 476 g/mol. The quantitative estimate of drug-likeness (QED) is 0.194. The zero-order chi connectivity index (χ0) is 24.9. The molecular weight excluding hydrogens is 436 g/mol. The second-order valence-corrected chi connectivity index (χ2v) is 9.08. The van der Waals surface area contributed by atoms with Crippen molar-refractivity contribution in [2.45, 2.75) is 62.9 Å². The number of methoxy groups -OCH3 is 2. The average Bonchev–Trinajstić information content (AvgIpc) is 2.92. The van der Waals surface area contributed by atoms with Gasteiger partial charge in [-0.15, -0.1) is 0 Å². The molecule has 0 heterocycles. The minimum absolute atomic E-state index is 0.277. The number of rotatable bonds is 15. The first-order valence-electron chi connectivity index (χ1n) is 12.8. The van der Waals surface area contributed by atoms with E-state index in [9.17, 15) is 5.11 Å². The van der Waals surface area contributed by atoms with Gasteiger partial charge in [0.15, 0.2) is 0 Å². The lowest BCUT2D eigenvalue weighted by Gasteiger charge is -2.41. The lowest BCUT2D eigenvalue weighted by molar-refractivity contribution is 0.106. The molecule has 35 heavy (non-hydrogen) atoms. The number of unbranched alkanes of at least 4 members (excludes halogenated alkanes) is 6. The smallest absolute Gasteiger partial charge is 0.123 e. The second-order valence-electron chi connectivity index (χ2n) is 9.08. The third kappa shape index (κ3) is 6.25. The standard InChI is InChI=1S/C31H40O4/c1-34-28-21-14-12-19-26(28)31(25-17-9-8-10-18-25,27-20-13-15-22-29(27)35-2)30(33)23-11-6-4-3-5-7-16-24-32/h8-10,12-15,17-22,30,32-33H,3-7,11,16,23-24H2,1-2H3. The maximum Gasteiger partial charge on any atom is 0.123 e. The molecule has 3 aromatic rings. The highest BCUT2D eigenvalue weighted by atomic mass is 16.5. The van der Waals surface area contributed by atoms with Crippen molar-refractivity contribution in [1.29, 1.82) is 0 Å². The summed E-state index contributed by atoms with van der Waals surface area (Å²) in [7, 11) is 3.36. The molecule has 0 fully saturated rings. The predicted octanol–water partition coefficient (Wildman–Crippen LogP) is 6.51. The van der Waals surface area contributed by atoms with Gasteiger partial charge in [-0.2, -0.15) is 0 Å². The normalized spacial score (nSPS) is 12.3. The van der Waals surface area contributed by atoms with Crippen LogP contribution in [0.1, 0.15) is 68.1 Å². The van der Waals surface area contributed by atoms with Crippen molar-refractivity contribution in [1.82, 2.24) is 0 Å². The maximum atomic E-state index is 12.1. The number of hydrogen-bond acceptors (Lipinski definition) is 4. The molecule has 0 bridgehead atoms. The molecule has 1 unspecified atom stereocenters. The molecule has 0 spiro atoms. The molecular formula is C31H40O4. The Balaban J connectivity index is 2.02. The van der Waals surface area contributed by atoms with Crippen LogP contribution >= 0.6 is 0 Å². The van der Waals surface area contributed by atoms with Crippen molar-refractivity contribution in [2.75, 3.05) is 20.8 Å². The molecule has 1 atom stereocenters. The number of hydrogen-bond donors (Lipinski definition) is 2. The zero-order valence-corrected chi connectivity index (χ0v) is 21.2. The van der Waals surface area contributed by atoms with Crippen molar-refractivity contribution in [2.24, 2.45) is 0 Å². The Morgan fingerprint density at radius 2 is 1.09 bits per heavy atom. The summed E-state index contributed by atoms with van der Waals surface area (Å²) in [5.41, 5.74) is 2.00. The Morgan fingerprint density at radius 3 is 1.60 bits per heavy atom. The van der Waals surface area contributed by atoms with Crippen molar-refractivity contribution in [3.8, 4) is 11.5 Å². The Labute approximate surface area is 210 Å². The van der Waals surface area contributed by atoms with Crippen molar-refractivity contribution in [3.63, 3.8) is 0 Å². The van der Waals surface area contributed by atoms with E-state index in [4.69, 9.17) is 14.6 Å². The minimum Gasteiger partial charge on any atom is -0.496 e. The van der Waals surface area contributed by atoms with E-state index in [1.54, 1.807) is 14.2 Å². The average molecular weight is 477 g/mol. The highest BCUT2D eigenvalue weighted by Gasteiger charge is 2.46. The highest BCUT2D eigenvalue weighted by Crippen LogP contribution is 2.49. The van der Waals surface area contributed by atoms with Gasteiger partial charge in [0.25, 0.3) is 0 Å². The van der Waals surface area contributed by atoms with Gasteiger partial charge in [0.2, 0.25) is 0 Å². The molecule has 4 heteroatoms. The van der Waals surface area contributed by atoms with Crippen LogP contribution in [0.3, 0.4) is 0 Å². The van der Waals surface area contributed by atoms with Crippen LogP contribution < -0.4 is 9.47 Å². The number of benzene rings is 3. The number of ether oxygens (including phenoxy) is 2. The molecule has 3 rings (SSSR count). The van der Waals surface area contributed by atoms with Crippen LogP contribution in [0.5, 0.6) is 11.5 Å². The molecule has 188 valence electrons. The Morgan fingerprint density at radius 1 is 0.629 bits per heavy atom. The number of aliphatic hydroxyl groups is 2. The summed E-state index contributed by atoms with van der Waals surface area (Å²) in [5, 5.41) is 21.0. The lowest BCUT2D eigenvalue weighted by Crippen LogP contribution is -2.42. The van der Waals surface area contributed by atoms with E-state index >= 15 is 0 Å². The van der Waals surface area contributed by atoms with Crippen LogP contribution in [0.25, 0.3) is 0 Å². The van der Waals surface area contributed by atoms with Crippen molar-refractivity contribution in [3.05, 3.63) is 95.6 Å². The summed E-state index contributed by atoms with van der Waals surface area (Å²) in [6.07, 6.45) is 7.39. The molecule has 0 aromatic heterocycles. The van der Waals surface area contributed by atoms with E-state index in [2.05, 4.69) is 24.3 Å². The molecule has 3 aromatic carbocycles. The van der Waals surface area contributed by atoms with E-state index in [0.717, 1.165) is 66.7 Å². The van der Waals surface area contributed by atoms with Gasteiger partial charge < -0.3 is 19.7 Å². The Hall–Kier alpha value is -2.82. The fraction of sp³-hybridized carbons (Fsp3) is 0.419. The van der Waals surface area contributed by atoms with Gasteiger partial charge in [-0.25, -0.2) is 0 Å². The summed E-state index contributed by atoms with van der Waals surface area (Å²) >= 11 is 0. The Kier molecular flexibility index (Phi) is 10.6. The molecule has 2 N–H and O–H groups in total. The molecule has 0 saturated heterocycles. The van der Waals surface area contributed by atoms with Crippen LogP contribution in [-0.2, 0) is 5.41 Å². The van der Waals surface area contributed by atoms with Gasteiger partial charge in [0.1, 0.15) is 11.5 Å². The highest BCUT2D eigenvalue weighted by molar-refractivity contribution is 5.60. The van der Waals surface area contributed by atoms with E-state index in [1.807, 2.05) is 54.6 Å². The van der Waals surface area contributed by atoms with Gasteiger partial charge in [0, 0.05) is 17.7 Å². The van der Waals surface area contributed by atoms with Crippen LogP contribution in [-0.4, -0.2) is 37.1 Å². The molecule has 0 aliphatic heterocycles.